The summed E-state index contributed by atoms with van der Waals surface area (Å²) < 4.78 is 0. The first kappa shape index (κ1) is 19.5. The van der Waals surface area contributed by atoms with Crippen LogP contribution in [0.15, 0.2) is 18.2 Å². The number of likely N-dealkylation sites (tertiary alicyclic amines) is 1. The summed E-state index contributed by atoms with van der Waals surface area (Å²) in [6, 6.07) is 5.66. The lowest BCUT2D eigenvalue weighted by Gasteiger charge is -2.29. The highest BCUT2D eigenvalue weighted by atomic mass is 16.2. The molecule has 2 N–H and O–H groups in total. The molecule has 0 spiro atoms. The molecule has 1 aromatic carbocycles. The zero-order valence-corrected chi connectivity index (χ0v) is 16.6. The Balaban J connectivity index is 1.72. The Kier molecular flexibility index (Phi) is 6.58. The van der Waals surface area contributed by atoms with Crippen molar-refractivity contribution in [3.63, 3.8) is 0 Å². The molecular formula is C21H32N4O2. The van der Waals surface area contributed by atoms with Crippen LogP contribution < -0.4 is 15.5 Å². The SMILES string of the molecule is CN(C)c1ccc(NC(=O)NC2CCCCC2)cc1C(=O)N1CCCCC1. The summed E-state index contributed by atoms with van der Waals surface area (Å²) >= 11 is 0. The normalized spacial score (nSPS) is 18.1. The summed E-state index contributed by atoms with van der Waals surface area (Å²) in [4.78, 5) is 29.3. The van der Waals surface area contributed by atoms with Crippen LogP contribution in [0.4, 0.5) is 16.2 Å². The van der Waals surface area contributed by atoms with Crippen LogP contribution in [0, 0.1) is 0 Å². The van der Waals surface area contributed by atoms with E-state index in [-0.39, 0.29) is 18.0 Å². The molecule has 27 heavy (non-hydrogen) atoms. The molecule has 1 saturated heterocycles. The quantitative estimate of drug-likeness (QED) is 0.844. The highest BCUT2D eigenvalue weighted by molar-refractivity contribution is 6.02. The maximum absolute atomic E-state index is 13.1. The molecule has 148 valence electrons. The van der Waals surface area contributed by atoms with E-state index in [1.165, 1.54) is 25.7 Å². The molecule has 3 amide bonds. The van der Waals surface area contributed by atoms with Crippen LogP contribution in [-0.4, -0.2) is 50.1 Å². The Morgan fingerprint density at radius 3 is 2.33 bits per heavy atom. The van der Waals surface area contributed by atoms with E-state index in [0.717, 1.165) is 44.5 Å². The summed E-state index contributed by atoms with van der Waals surface area (Å²) in [5, 5.41) is 5.98. The lowest BCUT2D eigenvalue weighted by atomic mass is 9.96. The Morgan fingerprint density at radius 1 is 1.00 bits per heavy atom. The topological polar surface area (TPSA) is 64.7 Å². The van der Waals surface area contributed by atoms with E-state index in [2.05, 4.69) is 10.6 Å². The van der Waals surface area contributed by atoms with E-state index in [0.29, 0.717) is 11.3 Å². The third-order valence-corrected chi connectivity index (χ3v) is 5.55. The molecule has 0 radical (unpaired) electrons. The summed E-state index contributed by atoms with van der Waals surface area (Å²) in [6.45, 7) is 1.62. The molecule has 1 heterocycles. The van der Waals surface area contributed by atoms with E-state index in [1.54, 1.807) is 0 Å². The van der Waals surface area contributed by atoms with Crippen LogP contribution in [0.2, 0.25) is 0 Å². The van der Waals surface area contributed by atoms with Crippen molar-refractivity contribution in [2.45, 2.75) is 57.4 Å². The number of nitrogens with one attached hydrogen (secondary N) is 2. The monoisotopic (exact) mass is 372 g/mol. The van der Waals surface area contributed by atoms with Crippen LogP contribution in [0.5, 0.6) is 0 Å². The third-order valence-electron chi connectivity index (χ3n) is 5.55. The van der Waals surface area contributed by atoms with Gasteiger partial charge in [0.15, 0.2) is 0 Å². The number of benzene rings is 1. The molecule has 0 aromatic heterocycles. The van der Waals surface area contributed by atoms with E-state index in [9.17, 15) is 9.59 Å². The number of urea groups is 1. The van der Waals surface area contributed by atoms with Crippen molar-refractivity contribution >= 4 is 23.3 Å². The minimum Gasteiger partial charge on any atom is -0.377 e. The lowest BCUT2D eigenvalue weighted by molar-refractivity contribution is 0.0725. The maximum Gasteiger partial charge on any atom is 0.319 e. The molecular weight excluding hydrogens is 340 g/mol. The van der Waals surface area contributed by atoms with Crippen LogP contribution in [-0.2, 0) is 0 Å². The zero-order chi connectivity index (χ0) is 19.2. The molecule has 1 saturated carbocycles. The zero-order valence-electron chi connectivity index (χ0n) is 16.6. The number of anilines is 2. The van der Waals surface area contributed by atoms with E-state index in [1.807, 2.05) is 42.1 Å². The second-order valence-electron chi connectivity index (χ2n) is 7.91. The van der Waals surface area contributed by atoms with Gasteiger partial charge in [-0.05, 0) is 50.3 Å². The van der Waals surface area contributed by atoms with Gasteiger partial charge in [-0.2, -0.15) is 0 Å². The highest BCUT2D eigenvalue weighted by Crippen LogP contribution is 2.26. The lowest BCUT2D eigenvalue weighted by Crippen LogP contribution is -2.39. The van der Waals surface area contributed by atoms with Crippen LogP contribution in [0.1, 0.15) is 61.7 Å². The molecule has 2 fully saturated rings. The summed E-state index contributed by atoms with van der Waals surface area (Å²) in [7, 11) is 3.87. The molecule has 0 bridgehead atoms. The largest absolute Gasteiger partial charge is 0.377 e. The number of nitrogens with zero attached hydrogens (tertiary/aromatic N) is 2. The number of amides is 3. The fraction of sp³-hybridized carbons (Fsp3) is 0.619. The molecule has 0 atom stereocenters. The third kappa shape index (κ3) is 5.15. The van der Waals surface area contributed by atoms with Gasteiger partial charge in [-0.1, -0.05) is 19.3 Å². The fourth-order valence-electron chi connectivity index (χ4n) is 4.04. The Bertz CT molecular complexity index is 662. The number of carbonyl (C=O) groups is 2. The number of piperidine rings is 1. The molecule has 6 nitrogen and oxygen atoms in total. The van der Waals surface area contributed by atoms with E-state index >= 15 is 0 Å². The Hall–Kier alpha value is -2.24. The van der Waals surface area contributed by atoms with Crippen molar-refractivity contribution in [1.29, 1.82) is 0 Å². The molecule has 1 aliphatic carbocycles. The maximum atomic E-state index is 13.1. The standard InChI is InChI=1S/C21H32N4O2/c1-24(2)19-12-11-17(23-21(27)22-16-9-5-3-6-10-16)15-18(19)20(26)25-13-7-4-8-14-25/h11-12,15-16H,3-10,13-14H2,1-2H3,(H2,22,23,27). The number of rotatable bonds is 4. The van der Waals surface area contributed by atoms with Crippen molar-refractivity contribution in [1.82, 2.24) is 10.2 Å². The minimum atomic E-state index is -0.184. The van der Waals surface area contributed by atoms with Gasteiger partial charge in [0.25, 0.3) is 5.91 Å². The first-order valence-corrected chi connectivity index (χ1v) is 10.2. The molecule has 3 rings (SSSR count). The molecule has 1 aromatic rings. The molecule has 6 heteroatoms. The van der Waals surface area contributed by atoms with Gasteiger partial charge in [0.05, 0.1) is 5.56 Å². The molecule has 0 unspecified atom stereocenters. The van der Waals surface area contributed by atoms with Crippen molar-refractivity contribution in [3.8, 4) is 0 Å². The van der Waals surface area contributed by atoms with Crippen LogP contribution >= 0.6 is 0 Å². The van der Waals surface area contributed by atoms with Gasteiger partial charge in [-0.15, -0.1) is 0 Å². The Labute approximate surface area is 162 Å². The second kappa shape index (κ2) is 9.11. The first-order chi connectivity index (χ1) is 13.0. The van der Waals surface area contributed by atoms with Gasteiger partial charge in [0, 0.05) is 44.6 Å². The van der Waals surface area contributed by atoms with Gasteiger partial charge in [-0.25, -0.2) is 4.79 Å². The molecule has 1 aliphatic heterocycles. The van der Waals surface area contributed by atoms with Gasteiger partial charge < -0.3 is 20.4 Å². The van der Waals surface area contributed by atoms with Gasteiger partial charge in [0.1, 0.15) is 0 Å². The van der Waals surface area contributed by atoms with Gasteiger partial charge in [-0.3, -0.25) is 4.79 Å². The van der Waals surface area contributed by atoms with Crippen LogP contribution in [0.25, 0.3) is 0 Å². The fourth-order valence-corrected chi connectivity index (χ4v) is 4.04. The first-order valence-electron chi connectivity index (χ1n) is 10.2. The Morgan fingerprint density at radius 2 is 1.67 bits per heavy atom. The van der Waals surface area contributed by atoms with E-state index < -0.39 is 0 Å². The second-order valence-corrected chi connectivity index (χ2v) is 7.91. The summed E-state index contributed by atoms with van der Waals surface area (Å²) in [5.41, 5.74) is 2.19. The number of hydrogen-bond acceptors (Lipinski definition) is 3. The average molecular weight is 373 g/mol. The van der Waals surface area contributed by atoms with Crippen molar-refractivity contribution in [2.75, 3.05) is 37.4 Å². The van der Waals surface area contributed by atoms with Crippen molar-refractivity contribution < 1.29 is 9.59 Å². The smallest absolute Gasteiger partial charge is 0.319 e. The number of hydrogen-bond donors (Lipinski definition) is 2. The van der Waals surface area contributed by atoms with Gasteiger partial charge >= 0.3 is 6.03 Å². The predicted molar refractivity (Wildman–Crippen MR) is 110 cm³/mol. The summed E-state index contributed by atoms with van der Waals surface area (Å²) in [5.74, 6) is 0.0507. The minimum absolute atomic E-state index is 0.0507. The van der Waals surface area contributed by atoms with Crippen molar-refractivity contribution in [2.24, 2.45) is 0 Å². The summed E-state index contributed by atoms with van der Waals surface area (Å²) in [6.07, 6.45) is 9.02. The molecule has 2 aliphatic rings. The predicted octanol–water partition coefficient (Wildman–Crippen LogP) is 3.83. The number of carbonyl (C=O) groups excluding carboxylic acids is 2. The van der Waals surface area contributed by atoms with E-state index in [4.69, 9.17) is 0 Å². The average Bonchev–Trinajstić information content (AvgIpc) is 2.68. The van der Waals surface area contributed by atoms with Crippen molar-refractivity contribution in [3.05, 3.63) is 23.8 Å². The highest BCUT2D eigenvalue weighted by Gasteiger charge is 2.22. The van der Waals surface area contributed by atoms with Gasteiger partial charge in [0.2, 0.25) is 0 Å². The van der Waals surface area contributed by atoms with Crippen LogP contribution in [0.3, 0.4) is 0 Å².